The monoisotopic (exact) mass is 284 g/mol. The highest BCUT2D eigenvalue weighted by molar-refractivity contribution is 6.29. The van der Waals surface area contributed by atoms with E-state index in [-0.39, 0.29) is 12.1 Å². The zero-order chi connectivity index (χ0) is 14.6. The molecule has 1 amide bonds. The van der Waals surface area contributed by atoms with Crippen molar-refractivity contribution >= 4 is 17.7 Å². The summed E-state index contributed by atoms with van der Waals surface area (Å²) in [5.74, 6) is 0. The molecule has 19 heavy (non-hydrogen) atoms. The number of amides is 1. The lowest BCUT2D eigenvalue weighted by molar-refractivity contribution is 0.0172. The molecule has 4 nitrogen and oxygen atoms in total. The van der Waals surface area contributed by atoms with E-state index in [1.54, 1.807) is 17.2 Å². The van der Waals surface area contributed by atoms with Crippen molar-refractivity contribution in [2.24, 2.45) is 0 Å². The highest BCUT2D eigenvalue weighted by Gasteiger charge is 2.24. The minimum atomic E-state index is -0.498. The summed E-state index contributed by atoms with van der Waals surface area (Å²) in [6.07, 6.45) is 1.35. The standard InChI is InChI=1S/C14H21ClN2O2/c1-10(2)17(13(18)19-14(3,4)5)9-11-6-7-12(15)16-8-11/h6-8,10H,9H2,1-5H3. The van der Waals surface area contributed by atoms with E-state index in [0.717, 1.165) is 5.56 Å². The maximum absolute atomic E-state index is 12.1. The molecular weight excluding hydrogens is 264 g/mol. The topological polar surface area (TPSA) is 42.4 Å². The molecule has 1 aromatic heterocycles. The Labute approximate surface area is 119 Å². The number of hydrogen-bond acceptors (Lipinski definition) is 3. The molecule has 0 unspecified atom stereocenters. The number of halogens is 1. The first-order chi connectivity index (χ1) is 8.69. The largest absolute Gasteiger partial charge is 0.444 e. The third kappa shape index (κ3) is 5.47. The zero-order valence-electron chi connectivity index (χ0n) is 12.1. The van der Waals surface area contributed by atoms with Gasteiger partial charge in [-0.3, -0.25) is 0 Å². The maximum atomic E-state index is 12.1. The van der Waals surface area contributed by atoms with Gasteiger partial charge in [-0.15, -0.1) is 0 Å². The molecule has 0 N–H and O–H groups in total. The van der Waals surface area contributed by atoms with Crippen LogP contribution in [-0.2, 0) is 11.3 Å². The minimum absolute atomic E-state index is 0.0468. The van der Waals surface area contributed by atoms with Crippen LogP contribution < -0.4 is 0 Å². The second-order valence-electron chi connectivity index (χ2n) is 5.69. The van der Waals surface area contributed by atoms with Crippen LogP contribution in [0.3, 0.4) is 0 Å². The smallest absolute Gasteiger partial charge is 0.410 e. The van der Waals surface area contributed by atoms with E-state index in [4.69, 9.17) is 16.3 Å². The van der Waals surface area contributed by atoms with Crippen molar-refractivity contribution in [1.82, 2.24) is 9.88 Å². The Balaban J connectivity index is 2.78. The molecule has 0 spiro atoms. The van der Waals surface area contributed by atoms with Gasteiger partial charge in [-0.1, -0.05) is 17.7 Å². The van der Waals surface area contributed by atoms with Gasteiger partial charge in [-0.25, -0.2) is 9.78 Å². The van der Waals surface area contributed by atoms with Crippen molar-refractivity contribution in [3.05, 3.63) is 29.0 Å². The first-order valence-electron chi connectivity index (χ1n) is 6.29. The van der Waals surface area contributed by atoms with E-state index in [1.165, 1.54) is 0 Å². The second kappa shape index (κ2) is 6.24. The Kier molecular flexibility index (Phi) is 5.18. The average Bonchev–Trinajstić information content (AvgIpc) is 2.25. The van der Waals surface area contributed by atoms with Crippen LogP contribution in [0.2, 0.25) is 5.15 Å². The maximum Gasteiger partial charge on any atom is 0.410 e. The highest BCUT2D eigenvalue weighted by atomic mass is 35.5. The Bertz CT molecular complexity index is 424. The van der Waals surface area contributed by atoms with Crippen LogP contribution in [0.25, 0.3) is 0 Å². The average molecular weight is 285 g/mol. The van der Waals surface area contributed by atoms with E-state index in [9.17, 15) is 4.79 Å². The summed E-state index contributed by atoms with van der Waals surface area (Å²) in [7, 11) is 0. The van der Waals surface area contributed by atoms with E-state index in [0.29, 0.717) is 11.7 Å². The molecule has 0 atom stereocenters. The van der Waals surface area contributed by atoms with Gasteiger partial charge in [0.15, 0.2) is 0 Å². The molecule has 0 bridgehead atoms. The van der Waals surface area contributed by atoms with Crippen LogP contribution in [0.4, 0.5) is 4.79 Å². The molecule has 106 valence electrons. The molecule has 0 aliphatic heterocycles. The number of rotatable bonds is 3. The summed E-state index contributed by atoms with van der Waals surface area (Å²) in [5, 5.41) is 0.442. The normalized spacial score (nSPS) is 11.5. The fourth-order valence-corrected chi connectivity index (χ4v) is 1.59. The lowest BCUT2D eigenvalue weighted by atomic mass is 10.2. The van der Waals surface area contributed by atoms with Crippen molar-refractivity contribution in [3.8, 4) is 0 Å². The molecule has 1 heterocycles. The molecule has 1 rings (SSSR count). The third-order valence-electron chi connectivity index (χ3n) is 2.39. The second-order valence-corrected chi connectivity index (χ2v) is 6.08. The van der Waals surface area contributed by atoms with Gasteiger partial charge in [0.2, 0.25) is 0 Å². The van der Waals surface area contributed by atoms with E-state index in [2.05, 4.69) is 4.98 Å². The quantitative estimate of drug-likeness (QED) is 0.791. The van der Waals surface area contributed by atoms with Crippen LogP contribution >= 0.6 is 11.6 Å². The van der Waals surface area contributed by atoms with Crippen molar-refractivity contribution < 1.29 is 9.53 Å². The van der Waals surface area contributed by atoms with E-state index < -0.39 is 5.60 Å². The molecule has 0 saturated heterocycles. The van der Waals surface area contributed by atoms with Crippen molar-refractivity contribution in [2.75, 3.05) is 0 Å². The molecule has 0 aliphatic rings. The number of nitrogens with zero attached hydrogens (tertiary/aromatic N) is 2. The first-order valence-corrected chi connectivity index (χ1v) is 6.67. The van der Waals surface area contributed by atoms with E-state index >= 15 is 0 Å². The SMILES string of the molecule is CC(C)N(Cc1ccc(Cl)nc1)C(=O)OC(C)(C)C. The fraction of sp³-hybridized carbons (Fsp3) is 0.571. The Morgan fingerprint density at radius 2 is 2.05 bits per heavy atom. The minimum Gasteiger partial charge on any atom is -0.444 e. The first kappa shape index (κ1) is 15.8. The Morgan fingerprint density at radius 3 is 2.47 bits per heavy atom. The van der Waals surface area contributed by atoms with Gasteiger partial charge in [0.1, 0.15) is 10.8 Å². The van der Waals surface area contributed by atoms with Crippen LogP contribution in [-0.4, -0.2) is 27.6 Å². The predicted octanol–water partition coefficient (Wildman–Crippen LogP) is 3.88. The van der Waals surface area contributed by atoms with Gasteiger partial charge in [-0.05, 0) is 46.2 Å². The van der Waals surface area contributed by atoms with Crippen molar-refractivity contribution in [3.63, 3.8) is 0 Å². The van der Waals surface area contributed by atoms with Gasteiger partial charge in [0, 0.05) is 12.2 Å². The summed E-state index contributed by atoms with van der Waals surface area (Å²) in [6.45, 7) is 9.92. The summed E-state index contributed by atoms with van der Waals surface area (Å²) in [4.78, 5) is 17.8. The van der Waals surface area contributed by atoms with Crippen LogP contribution in [0.1, 0.15) is 40.2 Å². The summed E-state index contributed by atoms with van der Waals surface area (Å²) in [6, 6.07) is 3.62. The predicted molar refractivity (Wildman–Crippen MR) is 76.2 cm³/mol. The van der Waals surface area contributed by atoms with Gasteiger partial charge in [0.05, 0.1) is 6.54 Å². The fourth-order valence-electron chi connectivity index (χ4n) is 1.48. The lowest BCUT2D eigenvalue weighted by Crippen LogP contribution is -2.40. The molecule has 0 aliphatic carbocycles. The number of ether oxygens (including phenoxy) is 1. The number of carbonyl (C=O) groups excluding carboxylic acids is 1. The van der Waals surface area contributed by atoms with Crippen LogP contribution in [0.5, 0.6) is 0 Å². The van der Waals surface area contributed by atoms with E-state index in [1.807, 2.05) is 40.7 Å². The Hall–Kier alpha value is -1.29. The number of pyridine rings is 1. The molecule has 1 aromatic rings. The Morgan fingerprint density at radius 1 is 1.42 bits per heavy atom. The molecule has 0 saturated carbocycles. The van der Waals surface area contributed by atoms with Crippen molar-refractivity contribution in [2.45, 2.75) is 52.8 Å². The van der Waals surface area contributed by atoms with Gasteiger partial charge in [-0.2, -0.15) is 0 Å². The lowest BCUT2D eigenvalue weighted by Gasteiger charge is -2.30. The van der Waals surface area contributed by atoms with Gasteiger partial charge in [0.25, 0.3) is 0 Å². The van der Waals surface area contributed by atoms with Crippen LogP contribution in [0, 0.1) is 0 Å². The molecule has 0 fully saturated rings. The molecular formula is C14H21ClN2O2. The van der Waals surface area contributed by atoms with Crippen LogP contribution in [0.15, 0.2) is 18.3 Å². The zero-order valence-corrected chi connectivity index (χ0v) is 12.9. The number of carbonyl (C=O) groups is 1. The third-order valence-corrected chi connectivity index (χ3v) is 2.62. The molecule has 0 aromatic carbocycles. The number of aromatic nitrogens is 1. The molecule has 0 radical (unpaired) electrons. The van der Waals surface area contributed by atoms with Gasteiger partial charge >= 0.3 is 6.09 Å². The summed E-state index contributed by atoms with van der Waals surface area (Å²) >= 11 is 5.74. The summed E-state index contributed by atoms with van der Waals surface area (Å²) < 4.78 is 5.40. The molecule has 5 heteroatoms. The highest BCUT2D eigenvalue weighted by Crippen LogP contribution is 2.15. The van der Waals surface area contributed by atoms with Gasteiger partial charge < -0.3 is 9.64 Å². The number of hydrogen-bond donors (Lipinski definition) is 0. The summed E-state index contributed by atoms with van der Waals surface area (Å²) in [5.41, 5.74) is 0.423. The van der Waals surface area contributed by atoms with Crippen molar-refractivity contribution in [1.29, 1.82) is 0 Å².